The van der Waals surface area contributed by atoms with Crippen molar-refractivity contribution in [2.75, 3.05) is 40.3 Å². The lowest BCUT2D eigenvalue weighted by atomic mass is 9.88. The highest BCUT2D eigenvalue weighted by Gasteiger charge is 2.25. The summed E-state index contributed by atoms with van der Waals surface area (Å²) in [4.78, 5) is 24.7. The van der Waals surface area contributed by atoms with E-state index >= 15 is 0 Å². The minimum atomic E-state index is -0.340. The van der Waals surface area contributed by atoms with Crippen LogP contribution in [-0.2, 0) is 0 Å². The quantitative estimate of drug-likeness (QED) is 0.782. The predicted octanol–water partition coefficient (Wildman–Crippen LogP) is 3.06. The predicted molar refractivity (Wildman–Crippen MR) is 118 cm³/mol. The smallest absolute Gasteiger partial charge is 0.167 e. The van der Waals surface area contributed by atoms with Crippen LogP contribution in [0, 0.1) is 11.8 Å². The third-order valence-electron chi connectivity index (χ3n) is 6.27. The van der Waals surface area contributed by atoms with Gasteiger partial charge in [0.25, 0.3) is 0 Å². The Labute approximate surface area is 180 Å². The van der Waals surface area contributed by atoms with E-state index in [0.29, 0.717) is 5.92 Å². The summed E-state index contributed by atoms with van der Waals surface area (Å²) in [5, 5.41) is 10.2. The van der Waals surface area contributed by atoms with E-state index in [2.05, 4.69) is 33.9 Å². The lowest BCUT2D eigenvalue weighted by Gasteiger charge is -2.31. The van der Waals surface area contributed by atoms with Gasteiger partial charge in [0.15, 0.2) is 5.78 Å². The van der Waals surface area contributed by atoms with Crippen molar-refractivity contribution in [3.8, 4) is 0 Å². The van der Waals surface area contributed by atoms with E-state index < -0.39 is 0 Å². The number of aliphatic hydroxyl groups excluding tert-OH is 1. The fourth-order valence-electron chi connectivity index (χ4n) is 4.18. The first-order valence-corrected chi connectivity index (χ1v) is 10.9. The van der Waals surface area contributed by atoms with Crippen molar-refractivity contribution in [3.63, 3.8) is 0 Å². The van der Waals surface area contributed by atoms with Crippen LogP contribution < -0.4 is 0 Å². The number of ketones is 1. The highest BCUT2D eigenvalue weighted by Crippen LogP contribution is 2.29. The standard InChI is InChI=1S/C12H18N2O.C12H16N2O/c2*1-14-7-4-10(5-8-14)12(15)11-3-2-6-13-9-11/h2-3,6,9-10,12,15H,4-5,7-8H2,1H3;2-3,6,9-10H,4-5,7-8H2,1H3. The van der Waals surface area contributed by atoms with E-state index in [4.69, 9.17) is 0 Å². The Morgan fingerprint density at radius 2 is 1.50 bits per heavy atom. The molecule has 0 aliphatic carbocycles. The molecule has 6 nitrogen and oxygen atoms in total. The molecule has 1 N–H and O–H groups in total. The first-order valence-electron chi connectivity index (χ1n) is 10.9. The zero-order valence-corrected chi connectivity index (χ0v) is 18.2. The van der Waals surface area contributed by atoms with Crippen LogP contribution in [0.4, 0.5) is 0 Å². The first-order chi connectivity index (χ1) is 14.5. The molecule has 2 fully saturated rings. The van der Waals surface area contributed by atoms with Gasteiger partial charge in [0.1, 0.15) is 0 Å². The zero-order valence-electron chi connectivity index (χ0n) is 18.2. The fourth-order valence-corrected chi connectivity index (χ4v) is 4.18. The van der Waals surface area contributed by atoms with Crippen LogP contribution in [0.15, 0.2) is 49.1 Å². The van der Waals surface area contributed by atoms with Crippen molar-refractivity contribution in [2.45, 2.75) is 31.8 Å². The molecule has 2 aliphatic rings. The number of hydrogen-bond acceptors (Lipinski definition) is 6. The maximum atomic E-state index is 12.0. The van der Waals surface area contributed by atoms with Crippen molar-refractivity contribution in [3.05, 3.63) is 60.2 Å². The Hall–Kier alpha value is -2.15. The summed E-state index contributed by atoms with van der Waals surface area (Å²) in [5.41, 5.74) is 1.71. The molecule has 30 heavy (non-hydrogen) atoms. The molecule has 2 aromatic heterocycles. The van der Waals surface area contributed by atoms with Gasteiger partial charge >= 0.3 is 0 Å². The van der Waals surface area contributed by atoms with E-state index in [1.54, 1.807) is 24.8 Å². The van der Waals surface area contributed by atoms with E-state index in [1.165, 1.54) is 0 Å². The summed E-state index contributed by atoms with van der Waals surface area (Å²) in [6.45, 7) is 4.22. The first kappa shape index (κ1) is 22.5. The number of aromatic nitrogens is 2. The molecule has 0 spiro atoms. The van der Waals surface area contributed by atoms with Crippen molar-refractivity contribution < 1.29 is 9.90 Å². The molecule has 0 bridgehead atoms. The van der Waals surface area contributed by atoms with Gasteiger partial charge in [-0.25, -0.2) is 0 Å². The summed E-state index contributed by atoms with van der Waals surface area (Å²) >= 11 is 0. The van der Waals surface area contributed by atoms with Crippen molar-refractivity contribution in [1.82, 2.24) is 19.8 Å². The monoisotopic (exact) mass is 410 g/mol. The van der Waals surface area contributed by atoms with Crippen molar-refractivity contribution in [1.29, 1.82) is 0 Å². The third-order valence-corrected chi connectivity index (χ3v) is 6.27. The number of aliphatic hydroxyl groups is 1. The van der Waals surface area contributed by atoms with E-state index in [-0.39, 0.29) is 17.8 Å². The number of carbonyl (C=O) groups excluding carboxylic acids is 1. The number of piperidine rings is 2. The normalized spacial score (nSPS) is 20.2. The van der Waals surface area contributed by atoms with E-state index in [9.17, 15) is 9.90 Å². The molecule has 1 unspecified atom stereocenters. The molecule has 4 rings (SSSR count). The van der Waals surface area contributed by atoms with Gasteiger partial charge in [0, 0.05) is 36.3 Å². The fraction of sp³-hybridized carbons (Fsp3) is 0.542. The molecule has 0 saturated carbocycles. The second kappa shape index (κ2) is 11.3. The number of carbonyl (C=O) groups is 1. The highest BCUT2D eigenvalue weighted by atomic mass is 16.3. The van der Waals surface area contributed by atoms with Gasteiger partial charge in [-0.1, -0.05) is 6.07 Å². The second-order valence-electron chi connectivity index (χ2n) is 8.56. The average Bonchev–Trinajstić information content (AvgIpc) is 2.81. The molecule has 2 aliphatic heterocycles. The Morgan fingerprint density at radius 1 is 0.933 bits per heavy atom. The van der Waals surface area contributed by atoms with Crippen LogP contribution in [-0.4, -0.2) is 70.9 Å². The SMILES string of the molecule is CN1CCC(C(=O)c2cccnc2)CC1.CN1CCC(C(O)c2cccnc2)CC1. The number of nitrogens with zero attached hydrogens (tertiary/aromatic N) is 4. The lowest BCUT2D eigenvalue weighted by Crippen LogP contribution is -2.33. The van der Waals surface area contributed by atoms with Crippen LogP contribution >= 0.6 is 0 Å². The van der Waals surface area contributed by atoms with Crippen LogP contribution in [0.3, 0.4) is 0 Å². The van der Waals surface area contributed by atoms with Crippen LogP contribution in [0.1, 0.15) is 47.7 Å². The van der Waals surface area contributed by atoms with Gasteiger partial charge in [0.05, 0.1) is 6.10 Å². The number of likely N-dealkylation sites (tertiary alicyclic amines) is 2. The second-order valence-corrected chi connectivity index (χ2v) is 8.56. The molecule has 0 radical (unpaired) electrons. The van der Waals surface area contributed by atoms with Crippen LogP contribution in [0.25, 0.3) is 0 Å². The Kier molecular flexibility index (Phi) is 8.49. The Morgan fingerprint density at radius 3 is 2.03 bits per heavy atom. The van der Waals surface area contributed by atoms with Gasteiger partial charge in [-0.05, 0) is 95.6 Å². The van der Waals surface area contributed by atoms with Gasteiger partial charge in [-0.3, -0.25) is 14.8 Å². The molecule has 6 heteroatoms. The number of Topliss-reactive ketones (excluding diaryl/α,β-unsaturated/α-hetero) is 1. The number of pyridine rings is 2. The minimum absolute atomic E-state index is 0.199. The lowest BCUT2D eigenvalue weighted by molar-refractivity contribution is 0.0655. The molecular formula is C24H34N4O2. The van der Waals surface area contributed by atoms with Gasteiger partial charge < -0.3 is 14.9 Å². The molecule has 2 saturated heterocycles. The van der Waals surface area contributed by atoms with Crippen LogP contribution in [0.2, 0.25) is 0 Å². The number of hydrogen-bond donors (Lipinski definition) is 1. The molecule has 162 valence electrons. The summed E-state index contributed by atoms with van der Waals surface area (Å²) in [6.07, 6.45) is 10.6. The number of rotatable bonds is 4. The van der Waals surface area contributed by atoms with Gasteiger partial charge in [-0.2, -0.15) is 0 Å². The molecule has 0 aromatic carbocycles. The third kappa shape index (κ3) is 6.42. The van der Waals surface area contributed by atoms with Crippen molar-refractivity contribution >= 4 is 5.78 Å². The Bertz CT molecular complexity index is 755. The molecule has 4 heterocycles. The highest BCUT2D eigenvalue weighted by molar-refractivity contribution is 5.97. The molecule has 2 aromatic rings. The van der Waals surface area contributed by atoms with E-state index in [0.717, 1.165) is 63.0 Å². The average molecular weight is 411 g/mol. The van der Waals surface area contributed by atoms with E-state index in [1.807, 2.05) is 24.3 Å². The summed E-state index contributed by atoms with van der Waals surface area (Å²) in [6, 6.07) is 7.51. The maximum Gasteiger partial charge on any atom is 0.167 e. The summed E-state index contributed by atoms with van der Waals surface area (Å²) < 4.78 is 0. The van der Waals surface area contributed by atoms with Gasteiger partial charge in [0.2, 0.25) is 0 Å². The minimum Gasteiger partial charge on any atom is -0.388 e. The van der Waals surface area contributed by atoms with Crippen molar-refractivity contribution in [2.24, 2.45) is 11.8 Å². The van der Waals surface area contributed by atoms with Crippen LogP contribution in [0.5, 0.6) is 0 Å². The Balaban J connectivity index is 0.000000171. The van der Waals surface area contributed by atoms with Gasteiger partial charge in [-0.15, -0.1) is 0 Å². The largest absolute Gasteiger partial charge is 0.388 e. The molecule has 1 atom stereocenters. The summed E-state index contributed by atoms with van der Waals surface area (Å²) in [5.74, 6) is 0.854. The molecular weight excluding hydrogens is 376 g/mol. The zero-order chi connectivity index (χ0) is 21.3. The topological polar surface area (TPSA) is 69.6 Å². The summed E-state index contributed by atoms with van der Waals surface area (Å²) in [7, 11) is 4.23. The maximum absolute atomic E-state index is 12.0. The molecule has 0 amide bonds.